The maximum Gasteiger partial charge on any atom is 0.345 e. The number of ether oxygens (including phenoxy) is 2. The smallest absolute Gasteiger partial charge is 0.345 e. The molecule has 1 heterocycles. The van der Waals surface area contributed by atoms with Crippen LogP contribution in [0, 0.1) is 17.3 Å². The Morgan fingerprint density at radius 1 is 1.24 bits per heavy atom. The Morgan fingerprint density at radius 2 is 2.03 bits per heavy atom. The van der Waals surface area contributed by atoms with Crippen LogP contribution in [-0.4, -0.2) is 29.6 Å². The number of phenolic OH excluding ortho intramolecular Hbond substituents is 1. The van der Waals surface area contributed by atoms with E-state index in [9.17, 15) is 14.7 Å². The number of esters is 1. The lowest BCUT2D eigenvalue weighted by atomic mass is 9.52. The topological polar surface area (TPSA) is 72.8 Å². The molecule has 2 saturated carbocycles. The van der Waals surface area contributed by atoms with Crippen molar-refractivity contribution in [2.45, 2.75) is 63.9 Å². The molecule has 0 aromatic heterocycles. The second kappa shape index (κ2) is 6.10. The summed E-state index contributed by atoms with van der Waals surface area (Å²) >= 11 is 0. The van der Waals surface area contributed by atoms with Crippen molar-refractivity contribution < 1.29 is 24.2 Å². The van der Waals surface area contributed by atoms with Crippen LogP contribution in [0.15, 0.2) is 29.5 Å². The molecule has 5 heteroatoms. The second-order valence-electron chi connectivity index (χ2n) is 9.47. The molecule has 1 aliphatic heterocycles. The summed E-state index contributed by atoms with van der Waals surface area (Å²) in [5.41, 5.74) is 1.52. The van der Waals surface area contributed by atoms with Crippen molar-refractivity contribution in [3.63, 3.8) is 0 Å². The van der Waals surface area contributed by atoms with Gasteiger partial charge < -0.3 is 14.6 Å². The van der Waals surface area contributed by atoms with Crippen molar-refractivity contribution in [2.24, 2.45) is 17.3 Å². The number of allylic oxidation sites excluding steroid dienone is 1. The van der Waals surface area contributed by atoms with Gasteiger partial charge in [-0.1, -0.05) is 13.0 Å². The maximum absolute atomic E-state index is 13.5. The van der Waals surface area contributed by atoms with Crippen molar-refractivity contribution in [2.75, 3.05) is 7.11 Å². The normalized spacial score (nSPS) is 37.8. The molecular weight excluding hydrogens is 368 g/mol. The van der Waals surface area contributed by atoms with Gasteiger partial charge in [-0.15, -0.1) is 0 Å². The number of methoxy groups -OCH3 is 1. The van der Waals surface area contributed by atoms with Crippen LogP contribution in [0.25, 0.3) is 0 Å². The molecule has 0 bridgehead atoms. The van der Waals surface area contributed by atoms with Gasteiger partial charge in [-0.3, -0.25) is 4.79 Å². The highest BCUT2D eigenvalue weighted by atomic mass is 16.5. The summed E-state index contributed by atoms with van der Waals surface area (Å²) in [4.78, 5) is 25.7. The van der Waals surface area contributed by atoms with Crippen LogP contribution < -0.4 is 0 Å². The number of benzene rings is 1. The molecule has 1 spiro atoms. The van der Waals surface area contributed by atoms with Gasteiger partial charge in [0.2, 0.25) is 5.78 Å². The Bertz CT molecular complexity index is 947. The molecule has 2 fully saturated rings. The van der Waals surface area contributed by atoms with Gasteiger partial charge in [-0.2, -0.15) is 0 Å². The number of ketones is 1. The number of hydrogen-bond donors (Lipinski definition) is 1. The average molecular weight is 396 g/mol. The number of hydrogen-bond acceptors (Lipinski definition) is 5. The molecule has 5 rings (SSSR count). The SMILES string of the molecule is COC(=O)C1=C(C)O[C@]2(CC[C@H]3[C@@H]4CCc5cc(O)ccc5[C@H]4CC[C@@]32C)C1=O. The largest absolute Gasteiger partial charge is 0.508 e. The lowest BCUT2D eigenvalue weighted by molar-refractivity contribution is -0.151. The maximum atomic E-state index is 13.5. The number of rotatable bonds is 1. The molecule has 154 valence electrons. The minimum Gasteiger partial charge on any atom is -0.508 e. The first-order valence-electron chi connectivity index (χ1n) is 10.7. The monoisotopic (exact) mass is 396 g/mol. The highest BCUT2D eigenvalue weighted by Crippen LogP contribution is 2.67. The summed E-state index contributed by atoms with van der Waals surface area (Å²) in [7, 11) is 1.31. The van der Waals surface area contributed by atoms with Crippen LogP contribution in [0.2, 0.25) is 0 Å². The Labute approximate surface area is 171 Å². The third kappa shape index (κ3) is 2.27. The molecule has 5 atom stereocenters. The minimum atomic E-state index is -0.925. The van der Waals surface area contributed by atoms with Gasteiger partial charge in [0, 0.05) is 5.41 Å². The van der Waals surface area contributed by atoms with Crippen LogP contribution >= 0.6 is 0 Å². The van der Waals surface area contributed by atoms with Crippen molar-refractivity contribution in [1.29, 1.82) is 0 Å². The number of aromatic hydroxyl groups is 1. The van der Waals surface area contributed by atoms with Crippen molar-refractivity contribution in [3.05, 3.63) is 40.7 Å². The summed E-state index contributed by atoms with van der Waals surface area (Å²) in [5, 5.41) is 9.86. The Morgan fingerprint density at radius 3 is 2.79 bits per heavy atom. The van der Waals surface area contributed by atoms with Gasteiger partial charge in [0.05, 0.1) is 7.11 Å². The zero-order valence-electron chi connectivity index (χ0n) is 17.3. The van der Waals surface area contributed by atoms with Crippen LogP contribution in [-0.2, 0) is 25.5 Å². The molecule has 4 aliphatic rings. The lowest BCUT2D eigenvalue weighted by Gasteiger charge is -2.52. The van der Waals surface area contributed by atoms with Gasteiger partial charge in [0.1, 0.15) is 17.1 Å². The highest BCUT2D eigenvalue weighted by Gasteiger charge is 2.69. The average Bonchev–Trinajstić information content (AvgIpc) is 3.14. The molecule has 0 saturated heterocycles. The lowest BCUT2D eigenvalue weighted by Crippen LogP contribution is -2.54. The molecule has 1 aromatic carbocycles. The van der Waals surface area contributed by atoms with Gasteiger partial charge in [0.25, 0.3) is 0 Å². The van der Waals surface area contributed by atoms with Gasteiger partial charge in [-0.25, -0.2) is 4.79 Å². The van der Waals surface area contributed by atoms with Gasteiger partial charge >= 0.3 is 5.97 Å². The summed E-state index contributed by atoms with van der Waals surface area (Å²) in [6, 6.07) is 5.80. The van der Waals surface area contributed by atoms with E-state index in [4.69, 9.17) is 9.47 Å². The first-order valence-corrected chi connectivity index (χ1v) is 10.7. The quantitative estimate of drug-likeness (QED) is 0.573. The summed E-state index contributed by atoms with van der Waals surface area (Å²) in [6.45, 7) is 3.92. The summed E-state index contributed by atoms with van der Waals surface area (Å²) in [6.07, 6.45) is 5.54. The molecule has 0 radical (unpaired) electrons. The number of carbonyl (C=O) groups excluding carboxylic acids is 2. The molecule has 1 N–H and O–H groups in total. The number of Topliss-reactive ketones (excluding diaryl/α,β-unsaturated/α-hetero) is 1. The van der Waals surface area contributed by atoms with Crippen LogP contribution in [0.3, 0.4) is 0 Å². The van der Waals surface area contributed by atoms with E-state index in [0.29, 0.717) is 35.7 Å². The molecule has 1 aromatic rings. The van der Waals surface area contributed by atoms with Crippen LogP contribution in [0.5, 0.6) is 5.75 Å². The second-order valence-corrected chi connectivity index (χ2v) is 9.47. The van der Waals surface area contributed by atoms with Crippen molar-refractivity contribution in [3.8, 4) is 5.75 Å². The van der Waals surface area contributed by atoms with Gasteiger partial charge in [-0.05, 0) is 86.5 Å². The van der Waals surface area contributed by atoms with E-state index in [1.54, 1.807) is 13.0 Å². The van der Waals surface area contributed by atoms with E-state index >= 15 is 0 Å². The molecular formula is C24H28O5. The van der Waals surface area contributed by atoms with E-state index in [-0.39, 0.29) is 16.8 Å². The Hall–Kier alpha value is -2.30. The van der Waals surface area contributed by atoms with E-state index in [1.165, 1.54) is 18.2 Å². The van der Waals surface area contributed by atoms with E-state index < -0.39 is 11.6 Å². The standard InChI is InChI=1S/C24H28O5/c1-13-20(22(27)28-3)21(26)24(29-13)11-9-19-18-6-4-14-12-15(25)5-7-16(14)17(18)8-10-23(19,24)2/h5,7,12,17-19,25H,4,6,8-11H2,1-3H3/t17-,18-,19+,23+,24-/m1/s1. The molecule has 5 nitrogen and oxygen atoms in total. The van der Waals surface area contributed by atoms with Gasteiger partial charge in [0.15, 0.2) is 5.60 Å². The minimum absolute atomic E-state index is 0.0981. The van der Waals surface area contributed by atoms with Crippen molar-refractivity contribution >= 4 is 11.8 Å². The third-order valence-corrected chi connectivity index (χ3v) is 8.49. The first kappa shape index (κ1) is 18.7. The summed E-state index contributed by atoms with van der Waals surface area (Å²) < 4.78 is 11.2. The summed E-state index contributed by atoms with van der Waals surface area (Å²) in [5.74, 6) is 1.35. The Balaban J connectivity index is 1.50. The number of aryl methyl sites for hydroxylation is 1. The number of fused-ring (bicyclic) bond motifs is 6. The number of carbonyl (C=O) groups is 2. The van der Waals surface area contributed by atoms with Crippen LogP contribution in [0.1, 0.15) is 63.0 Å². The highest BCUT2D eigenvalue weighted by molar-refractivity contribution is 6.22. The van der Waals surface area contributed by atoms with E-state index in [2.05, 4.69) is 13.0 Å². The zero-order valence-corrected chi connectivity index (χ0v) is 17.3. The van der Waals surface area contributed by atoms with E-state index in [0.717, 1.165) is 32.1 Å². The zero-order chi connectivity index (χ0) is 20.6. The molecule has 3 aliphatic carbocycles. The van der Waals surface area contributed by atoms with Crippen molar-refractivity contribution in [1.82, 2.24) is 0 Å². The van der Waals surface area contributed by atoms with Crippen LogP contribution in [0.4, 0.5) is 0 Å². The number of phenols is 1. The fourth-order valence-electron chi connectivity index (χ4n) is 7.17. The fraction of sp³-hybridized carbons (Fsp3) is 0.583. The predicted octanol–water partition coefficient (Wildman–Crippen LogP) is 4.03. The third-order valence-electron chi connectivity index (χ3n) is 8.49. The predicted molar refractivity (Wildman–Crippen MR) is 106 cm³/mol. The molecule has 29 heavy (non-hydrogen) atoms. The Kier molecular flexibility index (Phi) is 3.94. The molecule has 0 amide bonds. The van der Waals surface area contributed by atoms with E-state index in [1.807, 2.05) is 6.07 Å². The first-order chi connectivity index (χ1) is 13.8. The molecule has 0 unspecified atom stereocenters. The fourth-order valence-corrected chi connectivity index (χ4v) is 7.17.